The van der Waals surface area contributed by atoms with E-state index < -0.39 is 5.91 Å². The van der Waals surface area contributed by atoms with Crippen LogP contribution in [-0.4, -0.2) is 29.6 Å². The number of hydrogen-bond acceptors (Lipinski definition) is 3. The van der Waals surface area contributed by atoms with Crippen LogP contribution in [0, 0.1) is 0 Å². The van der Waals surface area contributed by atoms with Crippen molar-refractivity contribution in [2.45, 2.75) is 19.0 Å². The van der Waals surface area contributed by atoms with Crippen molar-refractivity contribution < 1.29 is 9.90 Å². The largest absolute Gasteiger partial charge is 0.396 e. The molecular formula is C18H22N2O2. The van der Waals surface area contributed by atoms with Gasteiger partial charge in [0, 0.05) is 24.8 Å². The Labute approximate surface area is 131 Å². The molecule has 2 aromatic carbocycles. The molecule has 1 atom stereocenters. The summed E-state index contributed by atoms with van der Waals surface area (Å²) in [5.41, 5.74) is 8.06. The molecule has 0 radical (unpaired) electrons. The zero-order chi connectivity index (χ0) is 15.9. The van der Waals surface area contributed by atoms with Gasteiger partial charge in [0.25, 0.3) is 0 Å². The zero-order valence-corrected chi connectivity index (χ0v) is 12.8. The van der Waals surface area contributed by atoms with Crippen LogP contribution in [0.4, 0.5) is 0 Å². The first kappa shape index (κ1) is 16.2. The lowest BCUT2D eigenvalue weighted by molar-refractivity contribution is 0.1000. The lowest BCUT2D eigenvalue weighted by atomic mass is 10.0. The van der Waals surface area contributed by atoms with Gasteiger partial charge in [-0.3, -0.25) is 9.69 Å². The number of benzene rings is 2. The van der Waals surface area contributed by atoms with Gasteiger partial charge in [-0.1, -0.05) is 42.5 Å². The quantitative estimate of drug-likeness (QED) is 0.824. The van der Waals surface area contributed by atoms with Crippen LogP contribution in [-0.2, 0) is 6.54 Å². The number of nitrogens with zero attached hydrogens (tertiary/aromatic N) is 1. The van der Waals surface area contributed by atoms with Gasteiger partial charge in [0.1, 0.15) is 0 Å². The van der Waals surface area contributed by atoms with E-state index in [1.54, 1.807) is 12.1 Å². The number of hydrogen-bond donors (Lipinski definition) is 2. The van der Waals surface area contributed by atoms with Gasteiger partial charge in [-0.2, -0.15) is 0 Å². The third kappa shape index (κ3) is 4.16. The third-order valence-corrected chi connectivity index (χ3v) is 3.79. The van der Waals surface area contributed by atoms with E-state index in [1.165, 1.54) is 5.56 Å². The summed E-state index contributed by atoms with van der Waals surface area (Å²) in [4.78, 5) is 13.3. The minimum Gasteiger partial charge on any atom is -0.396 e. The molecule has 0 bridgehead atoms. The number of amides is 1. The normalized spacial score (nSPS) is 12.3. The highest BCUT2D eigenvalue weighted by molar-refractivity contribution is 5.92. The molecule has 0 aliphatic carbocycles. The third-order valence-electron chi connectivity index (χ3n) is 3.79. The SMILES string of the molecule is CN(Cc1ccc(C(N)=O)cc1)C(CCO)c1ccccc1. The second-order valence-electron chi connectivity index (χ2n) is 5.42. The average molecular weight is 298 g/mol. The van der Waals surface area contributed by atoms with Crippen molar-refractivity contribution in [1.29, 1.82) is 0 Å². The van der Waals surface area contributed by atoms with Gasteiger partial charge in [-0.25, -0.2) is 0 Å². The molecule has 0 aromatic heterocycles. The molecule has 2 rings (SSSR count). The second-order valence-corrected chi connectivity index (χ2v) is 5.42. The number of carbonyl (C=O) groups excluding carboxylic acids is 1. The van der Waals surface area contributed by atoms with Gasteiger partial charge in [-0.05, 0) is 36.7 Å². The number of aliphatic hydroxyl groups is 1. The summed E-state index contributed by atoms with van der Waals surface area (Å²) in [6, 6.07) is 17.6. The van der Waals surface area contributed by atoms with E-state index in [4.69, 9.17) is 5.73 Å². The van der Waals surface area contributed by atoms with E-state index in [0.717, 1.165) is 12.1 Å². The van der Waals surface area contributed by atoms with Crippen LogP contribution < -0.4 is 5.73 Å². The molecule has 0 saturated heterocycles. The summed E-state index contributed by atoms with van der Waals surface area (Å²) >= 11 is 0. The van der Waals surface area contributed by atoms with Gasteiger partial charge >= 0.3 is 0 Å². The van der Waals surface area contributed by atoms with Crippen molar-refractivity contribution in [3.63, 3.8) is 0 Å². The molecule has 1 unspecified atom stereocenters. The maximum absolute atomic E-state index is 11.1. The molecule has 4 heteroatoms. The first-order valence-corrected chi connectivity index (χ1v) is 7.36. The lowest BCUT2D eigenvalue weighted by Gasteiger charge is -2.28. The van der Waals surface area contributed by atoms with E-state index in [9.17, 15) is 9.90 Å². The molecule has 3 N–H and O–H groups in total. The minimum absolute atomic E-state index is 0.143. The molecule has 0 fully saturated rings. The van der Waals surface area contributed by atoms with Crippen molar-refractivity contribution in [1.82, 2.24) is 4.90 Å². The summed E-state index contributed by atoms with van der Waals surface area (Å²) in [6.07, 6.45) is 0.680. The van der Waals surface area contributed by atoms with E-state index in [-0.39, 0.29) is 12.6 Å². The van der Waals surface area contributed by atoms with Crippen molar-refractivity contribution in [3.05, 3.63) is 71.3 Å². The summed E-state index contributed by atoms with van der Waals surface area (Å²) in [5.74, 6) is -0.414. The van der Waals surface area contributed by atoms with Crippen LogP contribution in [0.5, 0.6) is 0 Å². The molecule has 22 heavy (non-hydrogen) atoms. The highest BCUT2D eigenvalue weighted by Gasteiger charge is 2.16. The van der Waals surface area contributed by atoms with Crippen molar-refractivity contribution in [2.24, 2.45) is 5.73 Å². The van der Waals surface area contributed by atoms with E-state index in [2.05, 4.69) is 17.0 Å². The second kappa shape index (κ2) is 7.73. The van der Waals surface area contributed by atoms with Crippen LogP contribution in [0.2, 0.25) is 0 Å². The summed E-state index contributed by atoms with van der Waals surface area (Å²) in [7, 11) is 2.04. The van der Waals surface area contributed by atoms with Crippen LogP contribution in [0.25, 0.3) is 0 Å². The Hall–Kier alpha value is -2.17. The van der Waals surface area contributed by atoms with Crippen LogP contribution in [0.1, 0.15) is 33.9 Å². The standard InChI is InChI=1S/C18H22N2O2/c1-20(13-14-7-9-16(10-8-14)18(19)22)17(11-12-21)15-5-3-2-4-6-15/h2-10,17,21H,11-13H2,1H3,(H2,19,22). The van der Waals surface area contributed by atoms with Gasteiger partial charge in [0.05, 0.1) is 0 Å². The topological polar surface area (TPSA) is 66.6 Å². The number of rotatable bonds is 7. The van der Waals surface area contributed by atoms with Crippen molar-refractivity contribution >= 4 is 5.91 Å². The lowest BCUT2D eigenvalue weighted by Crippen LogP contribution is -2.25. The zero-order valence-electron chi connectivity index (χ0n) is 12.8. The number of carbonyl (C=O) groups is 1. The van der Waals surface area contributed by atoms with E-state index in [1.807, 2.05) is 37.4 Å². The maximum atomic E-state index is 11.1. The Morgan fingerprint density at radius 1 is 1.14 bits per heavy atom. The van der Waals surface area contributed by atoms with Gasteiger partial charge in [0.2, 0.25) is 5.91 Å². The minimum atomic E-state index is -0.414. The molecule has 0 saturated carbocycles. The predicted molar refractivity (Wildman–Crippen MR) is 87.3 cm³/mol. The fraction of sp³-hybridized carbons (Fsp3) is 0.278. The number of primary amides is 1. The van der Waals surface area contributed by atoms with Crippen molar-refractivity contribution in [3.8, 4) is 0 Å². The molecule has 1 amide bonds. The summed E-state index contributed by atoms with van der Waals surface area (Å²) in [6.45, 7) is 0.878. The van der Waals surface area contributed by atoms with Gasteiger partial charge in [-0.15, -0.1) is 0 Å². The van der Waals surface area contributed by atoms with E-state index in [0.29, 0.717) is 12.0 Å². The maximum Gasteiger partial charge on any atom is 0.248 e. The fourth-order valence-electron chi connectivity index (χ4n) is 2.61. The highest BCUT2D eigenvalue weighted by atomic mass is 16.3. The average Bonchev–Trinajstić information content (AvgIpc) is 2.53. The monoisotopic (exact) mass is 298 g/mol. The van der Waals surface area contributed by atoms with Gasteiger partial charge in [0.15, 0.2) is 0 Å². The van der Waals surface area contributed by atoms with Crippen LogP contribution in [0.15, 0.2) is 54.6 Å². The molecule has 2 aromatic rings. The molecular weight excluding hydrogens is 276 g/mol. The number of nitrogens with two attached hydrogens (primary N) is 1. The molecule has 4 nitrogen and oxygen atoms in total. The summed E-state index contributed by atoms with van der Waals surface area (Å²) < 4.78 is 0. The molecule has 0 heterocycles. The first-order chi connectivity index (χ1) is 10.6. The highest BCUT2D eigenvalue weighted by Crippen LogP contribution is 2.24. The van der Waals surface area contributed by atoms with Crippen LogP contribution >= 0.6 is 0 Å². The fourth-order valence-corrected chi connectivity index (χ4v) is 2.61. The first-order valence-electron chi connectivity index (χ1n) is 7.36. The van der Waals surface area contributed by atoms with E-state index >= 15 is 0 Å². The molecule has 116 valence electrons. The molecule has 0 spiro atoms. The Morgan fingerprint density at radius 2 is 1.77 bits per heavy atom. The smallest absolute Gasteiger partial charge is 0.248 e. The molecule has 0 aliphatic heterocycles. The Kier molecular flexibility index (Phi) is 5.69. The summed E-state index contributed by atoms with van der Waals surface area (Å²) in [5, 5.41) is 9.33. The van der Waals surface area contributed by atoms with Crippen LogP contribution in [0.3, 0.4) is 0 Å². The van der Waals surface area contributed by atoms with Gasteiger partial charge < -0.3 is 10.8 Å². The Balaban J connectivity index is 2.10. The Bertz CT molecular complexity index is 596. The molecule has 0 aliphatic rings. The Morgan fingerprint density at radius 3 is 2.32 bits per heavy atom. The number of aliphatic hydroxyl groups excluding tert-OH is 1. The predicted octanol–water partition coefficient (Wildman–Crippen LogP) is 2.34. The van der Waals surface area contributed by atoms with Crippen molar-refractivity contribution in [2.75, 3.05) is 13.7 Å².